The van der Waals surface area contributed by atoms with E-state index in [0.717, 1.165) is 5.75 Å². The summed E-state index contributed by atoms with van der Waals surface area (Å²) in [5, 5.41) is 5.09. The molecule has 0 radical (unpaired) electrons. The van der Waals surface area contributed by atoms with Crippen LogP contribution in [-0.2, 0) is 9.53 Å². The van der Waals surface area contributed by atoms with Gasteiger partial charge in [0.2, 0.25) is 0 Å². The SMILES string of the molecule is C=CCNC(=O)NC(CCSC)C(=O)OC. The summed E-state index contributed by atoms with van der Waals surface area (Å²) in [5.41, 5.74) is 0. The van der Waals surface area contributed by atoms with E-state index in [4.69, 9.17) is 0 Å². The van der Waals surface area contributed by atoms with Crippen molar-refractivity contribution in [1.82, 2.24) is 10.6 Å². The third-order valence-corrected chi connectivity index (χ3v) is 2.45. The minimum atomic E-state index is -0.595. The van der Waals surface area contributed by atoms with E-state index in [-0.39, 0.29) is 0 Å². The van der Waals surface area contributed by atoms with Crippen LogP contribution in [0.1, 0.15) is 6.42 Å². The van der Waals surface area contributed by atoms with Crippen molar-refractivity contribution in [3.8, 4) is 0 Å². The van der Waals surface area contributed by atoms with E-state index >= 15 is 0 Å². The quantitative estimate of drug-likeness (QED) is 0.514. The van der Waals surface area contributed by atoms with Crippen LogP contribution in [0, 0.1) is 0 Å². The predicted octanol–water partition coefficient (Wildman–Crippen LogP) is 0.766. The van der Waals surface area contributed by atoms with Gasteiger partial charge in [0.15, 0.2) is 0 Å². The standard InChI is InChI=1S/C10H18N2O3S/c1-4-6-11-10(14)12-8(5-7-16-3)9(13)15-2/h4,8H,1,5-7H2,2-3H3,(H2,11,12,14). The van der Waals surface area contributed by atoms with Crippen molar-refractivity contribution in [1.29, 1.82) is 0 Å². The minimum Gasteiger partial charge on any atom is -0.467 e. The molecule has 0 aromatic rings. The monoisotopic (exact) mass is 246 g/mol. The Bertz CT molecular complexity index is 246. The molecule has 0 aliphatic carbocycles. The fraction of sp³-hybridized carbons (Fsp3) is 0.600. The Kier molecular flexibility index (Phi) is 8.42. The lowest BCUT2D eigenvalue weighted by atomic mass is 10.2. The number of carbonyl (C=O) groups is 2. The number of hydrogen-bond donors (Lipinski definition) is 2. The number of carbonyl (C=O) groups excluding carboxylic acids is 2. The van der Waals surface area contributed by atoms with E-state index in [1.54, 1.807) is 17.8 Å². The molecule has 0 heterocycles. The average molecular weight is 246 g/mol. The van der Waals surface area contributed by atoms with Crippen LogP contribution < -0.4 is 10.6 Å². The summed E-state index contributed by atoms with van der Waals surface area (Å²) in [5.74, 6) is 0.351. The third kappa shape index (κ3) is 6.34. The van der Waals surface area contributed by atoms with Crippen LogP contribution in [0.25, 0.3) is 0 Å². The van der Waals surface area contributed by atoms with E-state index < -0.39 is 18.0 Å². The highest BCUT2D eigenvalue weighted by molar-refractivity contribution is 7.98. The summed E-state index contributed by atoms with van der Waals surface area (Å²) in [6.45, 7) is 3.84. The second kappa shape index (κ2) is 9.08. The van der Waals surface area contributed by atoms with Gasteiger partial charge in [0.25, 0.3) is 0 Å². The Morgan fingerprint density at radius 2 is 2.25 bits per heavy atom. The number of hydrogen-bond acceptors (Lipinski definition) is 4. The zero-order valence-electron chi connectivity index (χ0n) is 9.62. The molecule has 0 spiro atoms. The molecule has 2 amide bonds. The fourth-order valence-corrected chi connectivity index (χ4v) is 1.47. The van der Waals surface area contributed by atoms with Gasteiger partial charge in [-0.2, -0.15) is 11.8 Å². The molecule has 0 fully saturated rings. The largest absolute Gasteiger partial charge is 0.467 e. The van der Waals surface area contributed by atoms with Crippen LogP contribution >= 0.6 is 11.8 Å². The first kappa shape index (κ1) is 14.8. The van der Waals surface area contributed by atoms with E-state index in [0.29, 0.717) is 13.0 Å². The Balaban J connectivity index is 4.13. The molecule has 1 atom stereocenters. The second-order valence-corrected chi connectivity index (χ2v) is 3.99. The number of rotatable bonds is 7. The molecule has 6 heteroatoms. The summed E-state index contributed by atoms with van der Waals surface area (Å²) in [6, 6.07) is -0.987. The Morgan fingerprint density at radius 1 is 1.56 bits per heavy atom. The number of amides is 2. The highest BCUT2D eigenvalue weighted by atomic mass is 32.2. The molecule has 0 bridgehead atoms. The first-order valence-corrected chi connectivity index (χ1v) is 6.27. The molecule has 0 aromatic heterocycles. The number of ether oxygens (including phenoxy) is 1. The normalized spacial score (nSPS) is 11.4. The molecule has 92 valence electrons. The Labute approximate surface area is 100.0 Å². The Morgan fingerprint density at radius 3 is 2.75 bits per heavy atom. The summed E-state index contributed by atoms with van der Waals surface area (Å²) >= 11 is 1.61. The minimum absolute atomic E-state index is 0.363. The summed E-state index contributed by atoms with van der Waals surface area (Å²) < 4.78 is 4.60. The van der Waals surface area contributed by atoms with Gasteiger partial charge < -0.3 is 15.4 Å². The number of esters is 1. The predicted molar refractivity (Wildman–Crippen MR) is 65.5 cm³/mol. The maximum atomic E-state index is 11.3. The first-order valence-electron chi connectivity index (χ1n) is 4.87. The number of thioether (sulfide) groups is 1. The van der Waals surface area contributed by atoms with Crippen LogP contribution in [0.3, 0.4) is 0 Å². The van der Waals surface area contributed by atoms with Gasteiger partial charge in [-0.3, -0.25) is 0 Å². The van der Waals surface area contributed by atoms with Crippen LogP contribution in [-0.4, -0.2) is 43.7 Å². The molecule has 0 rings (SSSR count). The molecular weight excluding hydrogens is 228 g/mol. The lowest BCUT2D eigenvalue weighted by molar-refractivity contribution is -0.142. The zero-order valence-corrected chi connectivity index (χ0v) is 10.4. The molecule has 2 N–H and O–H groups in total. The van der Waals surface area contributed by atoms with Crippen molar-refractivity contribution in [2.45, 2.75) is 12.5 Å². The van der Waals surface area contributed by atoms with Gasteiger partial charge in [-0.05, 0) is 18.4 Å². The number of nitrogens with one attached hydrogen (secondary N) is 2. The molecule has 0 aromatic carbocycles. The molecule has 5 nitrogen and oxygen atoms in total. The van der Waals surface area contributed by atoms with Gasteiger partial charge in [0, 0.05) is 6.54 Å². The van der Waals surface area contributed by atoms with Crippen LogP contribution in [0.2, 0.25) is 0 Å². The molecule has 1 unspecified atom stereocenters. The molecular formula is C10H18N2O3S. The summed E-state index contributed by atoms with van der Waals surface area (Å²) in [7, 11) is 1.30. The van der Waals surface area contributed by atoms with Crippen LogP contribution in [0.4, 0.5) is 4.79 Å². The van der Waals surface area contributed by atoms with Crippen molar-refractivity contribution in [3.05, 3.63) is 12.7 Å². The van der Waals surface area contributed by atoms with E-state index in [1.165, 1.54) is 7.11 Å². The van der Waals surface area contributed by atoms with Gasteiger partial charge in [-0.25, -0.2) is 9.59 Å². The smallest absolute Gasteiger partial charge is 0.328 e. The second-order valence-electron chi connectivity index (χ2n) is 3.00. The molecule has 0 saturated heterocycles. The van der Waals surface area contributed by atoms with Gasteiger partial charge in [0.1, 0.15) is 6.04 Å². The van der Waals surface area contributed by atoms with E-state index in [2.05, 4.69) is 21.9 Å². The van der Waals surface area contributed by atoms with Crippen LogP contribution in [0.5, 0.6) is 0 Å². The van der Waals surface area contributed by atoms with Gasteiger partial charge in [0.05, 0.1) is 7.11 Å². The highest BCUT2D eigenvalue weighted by Gasteiger charge is 2.20. The van der Waals surface area contributed by atoms with E-state index in [9.17, 15) is 9.59 Å². The topological polar surface area (TPSA) is 67.4 Å². The van der Waals surface area contributed by atoms with Gasteiger partial charge in [-0.1, -0.05) is 6.08 Å². The summed E-state index contributed by atoms with van der Waals surface area (Å²) in [6.07, 6.45) is 4.05. The molecule has 0 saturated carbocycles. The van der Waals surface area contributed by atoms with Crippen molar-refractivity contribution in [2.24, 2.45) is 0 Å². The Hall–Kier alpha value is -1.17. The fourth-order valence-electron chi connectivity index (χ4n) is 1.00. The van der Waals surface area contributed by atoms with Crippen molar-refractivity contribution < 1.29 is 14.3 Å². The van der Waals surface area contributed by atoms with Gasteiger partial charge in [-0.15, -0.1) is 6.58 Å². The lowest BCUT2D eigenvalue weighted by Gasteiger charge is -2.15. The third-order valence-electron chi connectivity index (χ3n) is 1.81. The van der Waals surface area contributed by atoms with Crippen molar-refractivity contribution in [2.75, 3.05) is 25.7 Å². The molecule has 0 aliphatic rings. The first-order chi connectivity index (χ1) is 7.65. The summed E-state index contributed by atoms with van der Waals surface area (Å²) in [4.78, 5) is 22.6. The number of methoxy groups -OCH3 is 1. The van der Waals surface area contributed by atoms with Crippen LogP contribution in [0.15, 0.2) is 12.7 Å². The molecule has 0 aliphatic heterocycles. The number of urea groups is 1. The average Bonchev–Trinajstić information content (AvgIpc) is 2.30. The van der Waals surface area contributed by atoms with Crippen molar-refractivity contribution in [3.63, 3.8) is 0 Å². The highest BCUT2D eigenvalue weighted by Crippen LogP contribution is 2.02. The lowest BCUT2D eigenvalue weighted by Crippen LogP contribution is -2.46. The van der Waals surface area contributed by atoms with Gasteiger partial charge >= 0.3 is 12.0 Å². The maximum Gasteiger partial charge on any atom is 0.328 e. The van der Waals surface area contributed by atoms with E-state index in [1.807, 2.05) is 6.26 Å². The molecule has 16 heavy (non-hydrogen) atoms. The van der Waals surface area contributed by atoms with Crippen molar-refractivity contribution >= 4 is 23.8 Å². The zero-order chi connectivity index (χ0) is 12.4. The maximum absolute atomic E-state index is 11.3.